The zero-order valence-corrected chi connectivity index (χ0v) is 20.5. The lowest BCUT2D eigenvalue weighted by Crippen LogP contribution is -2.61. The summed E-state index contributed by atoms with van der Waals surface area (Å²) < 4.78 is 7.10. The topological polar surface area (TPSA) is 101 Å². The van der Waals surface area contributed by atoms with Gasteiger partial charge in [-0.05, 0) is 55.9 Å². The van der Waals surface area contributed by atoms with Crippen LogP contribution in [0.25, 0.3) is 0 Å². The molecule has 1 aliphatic heterocycles. The summed E-state index contributed by atoms with van der Waals surface area (Å²) in [6, 6.07) is 6.94. The smallest absolute Gasteiger partial charge is 0.224 e. The summed E-state index contributed by atoms with van der Waals surface area (Å²) in [6.07, 6.45) is 7.24. The summed E-state index contributed by atoms with van der Waals surface area (Å²) in [5.74, 6) is 0.619. The first-order valence-corrected chi connectivity index (χ1v) is 12.4. The second-order valence-electron chi connectivity index (χ2n) is 10.1. The van der Waals surface area contributed by atoms with E-state index in [2.05, 4.69) is 10.3 Å². The van der Waals surface area contributed by atoms with Crippen LogP contribution in [-0.4, -0.2) is 42.2 Å². The van der Waals surface area contributed by atoms with Crippen LogP contribution in [0.4, 0.5) is 0 Å². The molecule has 0 radical (unpaired) electrons. The minimum Gasteiger partial charge on any atom is -0.508 e. The summed E-state index contributed by atoms with van der Waals surface area (Å²) in [5, 5.41) is 18.4. The quantitative estimate of drug-likeness (QED) is 0.570. The van der Waals surface area contributed by atoms with Crippen molar-refractivity contribution in [1.82, 2.24) is 19.8 Å². The molecule has 184 valence electrons. The van der Waals surface area contributed by atoms with E-state index in [9.17, 15) is 14.7 Å². The fraction of sp³-hybridized carbons (Fsp3) is 0.481. The van der Waals surface area contributed by atoms with Crippen LogP contribution in [0, 0.1) is 19.8 Å². The summed E-state index contributed by atoms with van der Waals surface area (Å²) >= 11 is 0. The van der Waals surface area contributed by atoms with Gasteiger partial charge < -0.3 is 14.5 Å². The zero-order chi connectivity index (χ0) is 24.7. The van der Waals surface area contributed by atoms with E-state index < -0.39 is 5.54 Å². The largest absolute Gasteiger partial charge is 0.508 e. The number of likely N-dealkylation sites (tertiary alicyclic amines) is 1. The molecule has 8 heteroatoms. The van der Waals surface area contributed by atoms with Gasteiger partial charge in [0, 0.05) is 30.6 Å². The Bertz CT molecular complexity index is 1230. The molecule has 1 saturated carbocycles. The molecular formula is C27H32N4O4. The molecule has 8 nitrogen and oxygen atoms in total. The van der Waals surface area contributed by atoms with Crippen LogP contribution in [0.1, 0.15) is 73.1 Å². The third kappa shape index (κ3) is 4.15. The fourth-order valence-corrected chi connectivity index (χ4v) is 5.89. The number of amides is 1. The molecule has 1 spiro atoms. The third-order valence-electron chi connectivity index (χ3n) is 7.97. The molecule has 3 aromatic rings. The predicted octanol–water partition coefficient (Wildman–Crippen LogP) is 4.28. The van der Waals surface area contributed by atoms with E-state index >= 15 is 0 Å². The maximum Gasteiger partial charge on any atom is 0.224 e. The van der Waals surface area contributed by atoms with Gasteiger partial charge in [0.25, 0.3) is 0 Å². The van der Waals surface area contributed by atoms with Gasteiger partial charge in [0.15, 0.2) is 5.78 Å². The Balaban J connectivity index is 1.38. The summed E-state index contributed by atoms with van der Waals surface area (Å²) in [5.41, 5.74) is 2.88. The van der Waals surface area contributed by atoms with Crippen molar-refractivity contribution in [2.45, 2.75) is 77.4 Å². The van der Waals surface area contributed by atoms with E-state index in [0.717, 1.165) is 41.0 Å². The van der Waals surface area contributed by atoms with E-state index in [1.165, 1.54) is 0 Å². The maximum atomic E-state index is 14.0. The normalized spacial score (nSPS) is 20.7. The molecule has 1 saturated heterocycles. The Morgan fingerprint density at radius 1 is 1.20 bits per heavy atom. The molecule has 2 aliphatic rings. The van der Waals surface area contributed by atoms with Crippen LogP contribution >= 0.6 is 0 Å². The number of piperidine rings is 1. The second kappa shape index (κ2) is 8.98. The molecule has 2 unspecified atom stereocenters. The van der Waals surface area contributed by atoms with Crippen molar-refractivity contribution >= 4 is 11.7 Å². The van der Waals surface area contributed by atoms with E-state index in [1.807, 2.05) is 37.7 Å². The van der Waals surface area contributed by atoms with Gasteiger partial charge in [-0.15, -0.1) is 0 Å². The Kier molecular flexibility index (Phi) is 5.99. The first-order valence-electron chi connectivity index (χ1n) is 12.4. The van der Waals surface area contributed by atoms with Crippen LogP contribution < -0.4 is 0 Å². The first-order chi connectivity index (χ1) is 16.8. The SMILES string of the molecule is Cc1noc(C)c1Cn1cc(C(C)C2CC(=O)N(Cc3cccc(O)c3)C3(CCCC3)C2=O)cn1. The number of aryl methyl sites for hydroxylation is 2. The summed E-state index contributed by atoms with van der Waals surface area (Å²) in [7, 11) is 0. The highest BCUT2D eigenvalue weighted by atomic mass is 16.5. The van der Waals surface area contributed by atoms with Gasteiger partial charge in [-0.2, -0.15) is 5.10 Å². The van der Waals surface area contributed by atoms with Crippen LogP contribution in [0.5, 0.6) is 5.75 Å². The molecule has 5 rings (SSSR count). The monoisotopic (exact) mass is 476 g/mol. The van der Waals surface area contributed by atoms with Crippen molar-refractivity contribution in [2.75, 3.05) is 0 Å². The molecule has 1 aliphatic carbocycles. The van der Waals surface area contributed by atoms with Crippen LogP contribution in [0.15, 0.2) is 41.2 Å². The van der Waals surface area contributed by atoms with Crippen molar-refractivity contribution in [1.29, 1.82) is 0 Å². The minimum absolute atomic E-state index is 0.00908. The van der Waals surface area contributed by atoms with E-state index in [-0.39, 0.29) is 35.7 Å². The highest BCUT2D eigenvalue weighted by Gasteiger charge is 2.55. The molecule has 1 N–H and O–H groups in total. The van der Waals surface area contributed by atoms with Crippen molar-refractivity contribution in [2.24, 2.45) is 5.92 Å². The summed E-state index contributed by atoms with van der Waals surface area (Å²) in [6.45, 7) is 6.72. The zero-order valence-electron chi connectivity index (χ0n) is 20.5. The molecule has 1 amide bonds. The molecule has 2 atom stereocenters. The first kappa shape index (κ1) is 23.3. The Morgan fingerprint density at radius 2 is 1.97 bits per heavy atom. The average Bonchev–Trinajstić information content (AvgIpc) is 3.57. The van der Waals surface area contributed by atoms with E-state index in [1.54, 1.807) is 29.3 Å². The number of carbonyl (C=O) groups excluding carboxylic acids is 2. The van der Waals surface area contributed by atoms with Gasteiger partial charge in [-0.3, -0.25) is 14.3 Å². The van der Waals surface area contributed by atoms with Gasteiger partial charge in [0.2, 0.25) is 5.91 Å². The lowest BCUT2D eigenvalue weighted by Gasteiger charge is -2.47. The van der Waals surface area contributed by atoms with Crippen molar-refractivity contribution in [3.8, 4) is 5.75 Å². The fourth-order valence-electron chi connectivity index (χ4n) is 5.89. The number of hydrogen-bond donors (Lipinski definition) is 1. The lowest BCUT2D eigenvalue weighted by atomic mass is 9.71. The third-order valence-corrected chi connectivity index (χ3v) is 7.97. The number of Topliss-reactive ketones (excluding diaryl/α,β-unsaturated/α-hetero) is 1. The van der Waals surface area contributed by atoms with Gasteiger partial charge in [0.1, 0.15) is 17.0 Å². The molecule has 2 aromatic heterocycles. The molecule has 35 heavy (non-hydrogen) atoms. The lowest BCUT2D eigenvalue weighted by molar-refractivity contribution is -0.158. The number of aromatic hydroxyl groups is 1. The minimum atomic E-state index is -0.758. The number of phenols is 1. The van der Waals surface area contributed by atoms with E-state index in [0.29, 0.717) is 25.9 Å². The number of aromatic nitrogens is 3. The van der Waals surface area contributed by atoms with Gasteiger partial charge in [0.05, 0.1) is 18.4 Å². The van der Waals surface area contributed by atoms with Gasteiger partial charge in [-0.1, -0.05) is 37.1 Å². The number of phenolic OH excluding ortho intramolecular Hbond substituents is 1. The number of ketones is 1. The second-order valence-corrected chi connectivity index (χ2v) is 10.1. The number of carbonyl (C=O) groups is 2. The molecule has 0 bridgehead atoms. The summed E-state index contributed by atoms with van der Waals surface area (Å²) in [4.78, 5) is 29.3. The van der Waals surface area contributed by atoms with Crippen molar-refractivity contribution < 1.29 is 19.2 Å². The van der Waals surface area contributed by atoms with Crippen molar-refractivity contribution in [3.05, 3.63) is 64.8 Å². The van der Waals surface area contributed by atoms with Crippen molar-refractivity contribution in [3.63, 3.8) is 0 Å². The highest BCUT2D eigenvalue weighted by molar-refractivity contribution is 6.01. The Hall–Kier alpha value is -3.42. The number of nitrogens with zero attached hydrogens (tertiary/aromatic N) is 4. The number of benzene rings is 1. The highest BCUT2D eigenvalue weighted by Crippen LogP contribution is 2.46. The van der Waals surface area contributed by atoms with Crippen LogP contribution in [0.2, 0.25) is 0 Å². The number of rotatable bonds is 6. The van der Waals surface area contributed by atoms with Gasteiger partial charge in [-0.25, -0.2) is 0 Å². The Morgan fingerprint density at radius 3 is 2.66 bits per heavy atom. The number of hydrogen-bond acceptors (Lipinski definition) is 6. The Labute approximate surface area is 204 Å². The molecule has 2 fully saturated rings. The average molecular weight is 477 g/mol. The maximum absolute atomic E-state index is 14.0. The van der Waals surface area contributed by atoms with Crippen LogP contribution in [-0.2, 0) is 22.7 Å². The van der Waals surface area contributed by atoms with Crippen LogP contribution in [0.3, 0.4) is 0 Å². The predicted molar refractivity (Wildman–Crippen MR) is 129 cm³/mol. The standard InChI is InChI=1S/C27H32N4O4/c1-17(21-13-28-30(15-21)16-24-18(2)29-35-19(24)3)23-12-25(33)31(14-20-7-6-8-22(32)11-20)27(26(23)34)9-4-5-10-27/h6-8,11,13,15,17,23,32H,4-5,9-10,12,14,16H2,1-3H3. The van der Waals surface area contributed by atoms with Gasteiger partial charge >= 0.3 is 0 Å². The molecule has 1 aromatic carbocycles. The van der Waals surface area contributed by atoms with E-state index in [4.69, 9.17) is 4.52 Å². The molecular weight excluding hydrogens is 444 g/mol. The molecule has 3 heterocycles.